The molecule has 1 aromatic rings. The van der Waals surface area contributed by atoms with Gasteiger partial charge in [0.2, 0.25) is 0 Å². The minimum Gasteiger partial charge on any atom is -0.426 e. The summed E-state index contributed by atoms with van der Waals surface area (Å²) in [5, 5.41) is 1.53. The minimum atomic E-state index is -4.88. The number of amides is 2. The number of carbonyl (C=O) groups excluding carboxylic acids is 1. The molecule has 0 aliphatic carbocycles. The second-order valence-electron chi connectivity index (χ2n) is 4.21. The van der Waals surface area contributed by atoms with Crippen molar-refractivity contribution in [3.63, 3.8) is 0 Å². The molecule has 4 nitrogen and oxygen atoms in total. The van der Waals surface area contributed by atoms with Crippen LogP contribution in [0.25, 0.3) is 0 Å². The molecule has 0 unspecified atom stereocenters. The van der Waals surface area contributed by atoms with Crippen molar-refractivity contribution in [1.29, 1.82) is 0 Å². The van der Waals surface area contributed by atoms with E-state index in [1.54, 1.807) is 0 Å². The molecule has 0 fully saturated rings. The second kappa shape index (κ2) is 6.67. The van der Waals surface area contributed by atoms with E-state index < -0.39 is 27.7 Å². The van der Waals surface area contributed by atoms with Gasteiger partial charge in [0, 0.05) is 41.8 Å². The van der Waals surface area contributed by atoms with E-state index in [9.17, 15) is 22.4 Å². The van der Waals surface area contributed by atoms with E-state index in [4.69, 9.17) is 23.2 Å². The van der Waals surface area contributed by atoms with Crippen LogP contribution in [0.2, 0.25) is 10.0 Å². The van der Waals surface area contributed by atoms with Gasteiger partial charge in [0.15, 0.2) is 0 Å². The van der Waals surface area contributed by atoms with E-state index in [2.05, 4.69) is 10.1 Å². The third kappa shape index (κ3) is 4.53. The summed E-state index contributed by atoms with van der Waals surface area (Å²) in [4.78, 5) is 8.02. The molecule has 0 aliphatic heterocycles. The highest BCUT2D eigenvalue weighted by molar-refractivity contribution is 9.10. The third-order valence-electron chi connectivity index (χ3n) is 2.22. The molecule has 124 valence electrons. The van der Waals surface area contributed by atoms with Crippen LogP contribution in [0.3, 0.4) is 0 Å². The fourth-order valence-electron chi connectivity index (χ4n) is 1.14. The van der Waals surface area contributed by atoms with Gasteiger partial charge in [-0.15, -0.1) is 0 Å². The monoisotopic (exact) mass is 426 g/mol. The molecule has 11 heteroatoms. The van der Waals surface area contributed by atoms with E-state index >= 15 is 0 Å². The minimum absolute atomic E-state index is 0.0585. The number of ether oxygens (including phenoxy) is 1. The number of carbonyl (C=O) groups is 1. The summed E-state index contributed by atoms with van der Waals surface area (Å²) in [5.74, 6) is -0.813. The molecule has 0 heterocycles. The second-order valence-corrected chi connectivity index (χ2v) is 5.99. The molecule has 1 rings (SSSR count). The molecule has 1 N–H and O–H groups in total. The van der Waals surface area contributed by atoms with Crippen molar-refractivity contribution in [1.82, 2.24) is 4.90 Å². The van der Waals surface area contributed by atoms with Gasteiger partial charge in [-0.1, -0.05) is 23.2 Å². The summed E-state index contributed by atoms with van der Waals surface area (Å²) in [5.41, 5.74) is -0.0585. The fourth-order valence-corrected chi connectivity index (χ4v) is 1.58. The Morgan fingerprint density at radius 2 is 1.82 bits per heavy atom. The van der Waals surface area contributed by atoms with Gasteiger partial charge in [0.1, 0.15) is 10.8 Å². The lowest BCUT2D eigenvalue weighted by Crippen LogP contribution is -2.40. The number of halogens is 7. The number of hydrogen-bond acceptors (Lipinski definition) is 2. The Bertz CT molecular complexity index is 582. The average Bonchev–Trinajstić information content (AvgIpc) is 2.33. The normalized spacial score (nSPS) is 12.0. The van der Waals surface area contributed by atoms with Crippen LogP contribution in [0.1, 0.15) is 0 Å². The third-order valence-corrected chi connectivity index (χ3v) is 3.47. The van der Waals surface area contributed by atoms with Crippen LogP contribution in [0, 0.1) is 0 Å². The zero-order valence-corrected chi connectivity index (χ0v) is 14.2. The van der Waals surface area contributed by atoms with Crippen molar-refractivity contribution in [2.45, 2.75) is 10.9 Å². The first kappa shape index (κ1) is 19.1. The molecule has 1 aromatic carbocycles. The molecule has 0 radical (unpaired) electrons. The van der Waals surface area contributed by atoms with Crippen LogP contribution < -0.4 is 10.1 Å². The number of rotatable bonds is 4. The summed E-state index contributed by atoms with van der Waals surface area (Å²) in [6, 6.07) is 1.41. The van der Waals surface area contributed by atoms with Gasteiger partial charge in [-0.05, 0) is 6.07 Å². The molecule has 0 aromatic heterocycles. The number of nitrogens with zero attached hydrogens (tertiary/aromatic N) is 1. The summed E-state index contributed by atoms with van der Waals surface area (Å²) in [6.07, 6.45) is -4.88. The van der Waals surface area contributed by atoms with E-state index in [0.717, 1.165) is 17.0 Å². The SMILES string of the molecule is CN(C)C(=O)Nc1cc(Cl)c(Cl)c(OC(F)(F)C(F)(F)Br)c1. The quantitative estimate of drug-likeness (QED) is 0.539. The van der Waals surface area contributed by atoms with E-state index in [1.165, 1.54) is 30.0 Å². The topological polar surface area (TPSA) is 41.6 Å². The maximum atomic E-state index is 13.2. The molecular weight excluding hydrogens is 419 g/mol. The summed E-state index contributed by atoms with van der Waals surface area (Å²) < 4.78 is 55.9. The fraction of sp³-hybridized carbons (Fsp3) is 0.364. The maximum absolute atomic E-state index is 13.2. The van der Waals surface area contributed by atoms with Gasteiger partial charge >= 0.3 is 17.0 Å². The van der Waals surface area contributed by atoms with E-state index in [1.807, 2.05) is 0 Å². The highest BCUT2D eigenvalue weighted by Crippen LogP contribution is 2.44. The zero-order valence-electron chi connectivity index (χ0n) is 11.1. The first-order valence-corrected chi connectivity index (χ1v) is 7.01. The largest absolute Gasteiger partial charge is 0.475 e. The van der Waals surface area contributed by atoms with E-state index in [-0.39, 0.29) is 10.7 Å². The predicted octanol–water partition coefficient (Wildman–Crippen LogP) is 5.05. The van der Waals surface area contributed by atoms with Gasteiger partial charge in [-0.2, -0.15) is 17.6 Å². The summed E-state index contributed by atoms with van der Waals surface area (Å²) in [7, 11) is 2.87. The lowest BCUT2D eigenvalue weighted by Gasteiger charge is -2.23. The Kier molecular flexibility index (Phi) is 5.80. The van der Waals surface area contributed by atoms with Crippen molar-refractivity contribution in [3.8, 4) is 5.75 Å². The first-order valence-electron chi connectivity index (χ1n) is 5.46. The van der Waals surface area contributed by atoms with Gasteiger partial charge in [-0.25, -0.2) is 4.79 Å². The number of alkyl halides is 5. The Morgan fingerprint density at radius 3 is 2.27 bits per heavy atom. The smallest absolute Gasteiger partial charge is 0.426 e. The van der Waals surface area contributed by atoms with Crippen LogP contribution >= 0.6 is 39.1 Å². The molecule has 0 atom stereocenters. The van der Waals surface area contributed by atoms with Crippen LogP contribution in [0.4, 0.5) is 28.0 Å². The molecule has 0 saturated carbocycles. The molecule has 0 bridgehead atoms. The van der Waals surface area contributed by atoms with Crippen molar-refractivity contribution in [3.05, 3.63) is 22.2 Å². The number of urea groups is 1. The van der Waals surface area contributed by atoms with Crippen molar-refractivity contribution in [2.75, 3.05) is 19.4 Å². The maximum Gasteiger partial charge on any atom is 0.475 e. The zero-order chi connectivity index (χ0) is 17.3. The van der Waals surface area contributed by atoms with Crippen molar-refractivity contribution in [2.24, 2.45) is 0 Å². The van der Waals surface area contributed by atoms with Crippen LogP contribution in [0.15, 0.2) is 12.1 Å². The van der Waals surface area contributed by atoms with Gasteiger partial charge < -0.3 is 15.0 Å². The number of benzene rings is 1. The van der Waals surface area contributed by atoms with Crippen LogP contribution in [-0.4, -0.2) is 36.0 Å². The summed E-state index contributed by atoms with van der Waals surface area (Å²) >= 11 is 12.9. The molecule has 0 aliphatic rings. The van der Waals surface area contributed by atoms with Crippen LogP contribution in [-0.2, 0) is 0 Å². The average molecular weight is 428 g/mol. The summed E-state index contributed by atoms with van der Waals surface area (Å²) in [6.45, 7) is 0. The Balaban J connectivity index is 3.15. The Hall–Kier alpha value is -0.930. The lowest BCUT2D eigenvalue weighted by atomic mass is 10.3. The molecular formula is C11H9BrCl2F4N2O2. The van der Waals surface area contributed by atoms with Gasteiger partial charge in [-0.3, -0.25) is 0 Å². The van der Waals surface area contributed by atoms with Crippen LogP contribution in [0.5, 0.6) is 5.75 Å². The van der Waals surface area contributed by atoms with Gasteiger partial charge in [0.25, 0.3) is 0 Å². The number of hydrogen-bond donors (Lipinski definition) is 1. The van der Waals surface area contributed by atoms with Gasteiger partial charge in [0.05, 0.1) is 5.02 Å². The number of nitrogens with one attached hydrogen (secondary N) is 1. The molecule has 0 saturated heterocycles. The molecule has 22 heavy (non-hydrogen) atoms. The predicted molar refractivity (Wildman–Crippen MR) is 78.6 cm³/mol. The van der Waals surface area contributed by atoms with Crippen molar-refractivity contribution < 1.29 is 27.1 Å². The Morgan fingerprint density at radius 1 is 1.27 bits per heavy atom. The first-order chi connectivity index (χ1) is 9.85. The Labute approximate surface area is 141 Å². The lowest BCUT2D eigenvalue weighted by molar-refractivity contribution is -0.266. The van der Waals surface area contributed by atoms with E-state index in [0.29, 0.717) is 0 Å². The number of anilines is 1. The highest BCUT2D eigenvalue weighted by atomic mass is 79.9. The standard InChI is InChI=1S/C11H9BrCl2F4N2O2/c1-20(2)9(21)19-5-3-6(13)8(14)7(4-5)22-11(17,18)10(12,15)16/h3-4H,1-2H3,(H,19,21). The highest BCUT2D eigenvalue weighted by Gasteiger charge is 2.58. The molecule has 0 spiro atoms. The van der Waals surface area contributed by atoms with Crippen molar-refractivity contribution >= 4 is 50.9 Å². The molecule has 2 amide bonds.